The highest BCUT2D eigenvalue weighted by Crippen LogP contribution is 2.43. The van der Waals surface area contributed by atoms with E-state index in [1.807, 2.05) is 18.2 Å². The minimum Gasteiger partial charge on any atom is -0.435 e. The summed E-state index contributed by atoms with van der Waals surface area (Å²) >= 11 is 0. The Hall–Kier alpha value is -2.43. The fourth-order valence-electron chi connectivity index (χ4n) is 3.10. The summed E-state index contributed by atoms with van der Waals surface area (Å²) in [7, 11) is 0. The van der Waals surface area contributed by atoms with Crippen LogP contribution < -0.4 is 10.1 Å². The fourth-order valence-corrected chi connectivity index (χ4v) is 3.10. The second-order valence-corrected chi connectivity index (χ2v) is 6.09. The van der Waals surface area contributed by atoms with Gasteiger partial charge in [0.2, 0.25) is 0 Å². The van der Waals surface area contributed by atoms with Crippen molar-refractivity contribution in [2.24, 2.45) is 0 Å². The molecule has 1 amide bonds. The third-order valence-electron chi connectivity index (χ3n) is 4.63. The van der Waals surface area contributed by atoms with E-state index in [-0.39, 0.29) is 17.1 Å². The Bertz CT molecular complexity index is 682. The van der Waals surface area contributed by atoms with Crippen LogP contribution >= 0.6 is 0 Å². The van der Waals surface area contributed by atoms with Gasteiger partial charge in [-0.15, -0.1) is 0 Å². The number of ether oxygens (including phenoxy) is 1. The van der Waals surface area contributed by atoms with Gasteiger partial charge in [-0.25, -0.2) is 0 Å². The molecule has 1 fully saturated rings. The van der Waals surface area contributed by atoms with Crippen LogP contribution in [0.2, 0.25) is 0 Å². The van der Waals surface area contributed by atoms with Gasteiger partial charge in [0.15, 0.2) is 0 Å². The summed E-state index contributed by atoms with van der Waals surface area (Å²) in [6.45, 7) is -2.29. The van der Waals surface area contributed by atoms with E-state index in [0.29, 0.717) is 12.1 Å². The molecular weight excluding hydrogens is 312 g/mol. The monoisotopic (exact) mass is 331 g/mol. The predicted molar refractivity (Wildman–Crippen MR) is 87.4 cm³/mol. The maximum absolute atomic E-state index is 12.3. The first kappa shape index (κ1) is 16.4. The fraction of sp³-hybridized carbons (Fsp3) is 0.316. The zero-order chi connectivity index (χ0) is 17.0. The van der Waals surface area contributed by atoms with Gasteiger partial charge in [0.05, 0.1) is 0 Å². The number of carbonyl (C=O) groups excluding carboxylic acids is 1. The summed E-state index contributed by atoms with van der Waals surface area (Å²) in [6, 6.07) is 15.9. The van der Waals surface area contributed by atoms with Crippen molar-refractivity contribution in [2.45, 2.75) is 31.3 Å². The molecule has 2 aromatic rings. The van der Waals surface area contributed by atoms with Crippen LogP contribution in [0.25, 0.3) is 0 Å². The van der Waals surface area contributed by atoms with E-state index < -0.39 is 6.61 Å². The third-order valence-corrected chi connectivity index (χ3v) is 4.63. The van der Waals surface area contributed by atoms with E-state index in [2.05, 4.69) is 22.2 Å². The predicted octanol–water partition coefficient (Wildman–Crippen LogP) is 4.14. The van der Waals surface area contributed by atoms with Gasteiger partial charge in [0, 0.05) is 17.5 Å². The zero-order valence-electron chi connectivity index (χ0n) is 13.2. The van der Waals surface area contributed by atoms with Crippen molar-refractivity contribution < 1.29 is 18.3 Å². The third kappa shape index (κ3) is 3.55. The quantitative estimate of drug-likeness (QED) is 0.864. The van der Waals surface area contributed by atoms with Gasteiger partial charge in [-0.1, -0.05) is 36.8 Å². The molecule has 3 nitrogen and oxygen atoms in total. The average molecular weight is 331 g/mol. The van der Waals surface area contributed by atoms with Crippen molar-refractivity contribution >= 4 is 5.91 Å². The highest BCUT2D eigenvalue weighted by atomic mass is 19.3. The first-order chi connectivity index (χ1) is 11.6. The van der Waals surface area contributed by atoms with Crippen LogP contribution in [-0.2, 0) is 5.41 Å². The molecule has 3 rings (SSSR count). The summed E-state index contributed by atoms with van der Waals surface area (Å²) < 4.78 is 28.6. The number of rotatable bonds is 6. The van der Waals surface area contributed by atoms with Crippen molar-refractivity contribution in [3.63, 3.8) is 0 Å². The number of carbonyl (C=O) groups is 1. The smallest absolute Gasteiger partial charge is 0.387 e. The summed E-state index contributed by atoms with van der Waals surface area (Å²) in [6.07, 6.45) is 3.27. The average Bonchev–Trinajstić information content (AvgIpc) is 2.55. The molecule has 2 aromatic carbocycles. The molecule has 0 radical (unpaired) electrons. The Morgan fingerprint density at radius 1 is 1.08 bits per heavy atom. The van der Waals surface area contributed by atoms with E-state index in [4.69, 9.17) is 0 Å². The number of benzene rings is 2. The van der Waals surface area contributed by atoms with Crippen molar-refractivity contribution in [3.05, 3.63) is 65.7 Å². The van der Waals surface area contributed by atoms with Gasteiger partial charge in [-0.05, 0) is 42.7 Å². The highest BCUT2D eigenvalue weighted by molar-refractivity contribution is 5.94. The maximum atomic E-state index is 12.3. The van der Waals surface area contributed by atoms with E-state index in [1.165, 1.54) is 29.8 Å². The summed E-state index contributed by atoms with van der Waals surface area (Å²) in [4.78, 5) is 12.3. The van der Waals surface area contributed by atoms with Gasteiger partial charge in [-0.3, -0.25) is 4.79 Å². The summed E-state index contributed by atoms with van der Waals surface area (Å²) in [5, 5.41) is 2.97. The molecule has 0 unspecified atom stereocenters. The van der Waals surface area contributed by atoms with Gasteiger partial charge < -0.3 is 10.1 Å². The number of hydrogen-bond acceptors (Lipinski definition) is 2. The lowest BCUT2D eigenvalue weighted by molar-refractivity contribution is -0.0498. The minimum atomic E-state index is -2.87. The molecule has 126 valence electrons. The van der Waals surface area contributed by atoms with Crippen LogP contribution in [0.1, 0.15) is 35.2 Å². The molecule has 0 saturated heterocycles. The van der Waals surface area contributed by atoms with Crippen LogP contribution in [0.3, 0.4) is 0 Å². The Labute approximate surface area is 139 Å². The normalized spacial score (nSPS) is 15.6. The first-order valence-electron chi connectivity index (χ1n) is 7.98. The largest absolute Gasteiger partial charge is 0.435 e. The molecule has 1 aliphatic rings. The SMILES string of the molecule is O=C(NCC1(c2ccccc2)CCC1)c1ccc(OC(F)F)cc1. The Kier molecular flexibility index (Phi) is 4.79. The molecule has 0 atom stereocenters. The van der Waals surface area contributed by atoms with E-state index in [0.717, 1.165) is 19.3 Å². The maximum Gasteiger partial charge on any atom is 0.387 e. The second-order valence-electron chi connectivity index (χ2n) is 6.09. The Balaban J connectivity index is 1.62. The van der Waals surface area contributed by atoms with E-state index >= 15 is 0 Å². The number of nitrogens with one attached hydrogen (secondary N) is 1. The number of amides is 1. The Morgan fingerprint density at radius 3 is 2.29 bits per heavy atom. The van der Waals surface area contributed by atoms with Crippen LogP contribution in [0.5, 0.6) is 5.75 Å². The van der Waals surface area contributed by atoms with Crippen LogP contribution in [-0.4, -0.2) is 19.1 Å². The topological polar surface area (TPSA) is 38.3 Å². The van der Waals surface area contributed by atoms with Crippen LogP contribution in [0.15, 0.2) is 54.6 Å². The van der Waals surface area contributed by atoms with Crippen molar-refractivity contribution in [3.8, 4) is 5.75 Å². The molecule has 24 heavy (non-hydrogen) atoms. The van der Waals surface area contributed by atoms with Crippen molar-refractivity contribution in [1.82, 2.24) is 5.32 Å². The molecule has 0 heterocycles. The lowest BCUT2D eigenvalue weighted by Gasteiger charge is -2.42. The van der Waals surface area contributed by atoms with Crippen LogP contribution in [0, 0.1) is 0 Å². The van der Waals surface area contributed by atoms with E-state index in [1.54, 1.807) is 0 Å². The number of alkyl halides is 2. The zero-order valence-corrected chi connectivity index (χ0v) is 13.2. The number of hydrogen-bond donors (Lipinski definition) is 1. The van der Waals surface area contributed by atoms with Crippen molar-refractivity contribution in [2.75, 3.05) is 6.54 Å². The molecule has 0 aliphatic heterocycles. The van der Waals surface area contributed by atoms with Gasteiger partial charge in [0.25, 0.3) is 5.91 Å². The Morgan fingerprint density at radius 2 is 1.75 bits per heavy atom. The molecular formula is C19H19F2NO2. The minimum absolute atomic E-state index is 0.00957. The summed E-state index contributed by atoms with van der Waals surface area (Å²) in [5.41, 5.74) is 1.69. The van der Waals surface area contributed by atoms with E-state index in [9.17, 15) is 13.6 Å². The molecule has 5 heteroatoms. The standard InChI is InChI=1S/C19H19F2NO2/c20-18(21)24-16-9-7-14(8-10-16)17(23)22-13-19(11-4-12-19)15-5-2-1-3-6-15/h1-3,5-10,18H,4,11-13H2,(H,22,23). The highest BCUT2D eigenvalue weighted by Gasteiger charge is 2.38. The van der Waals surface area contributed by atoms with Gasteiger partial charge >= 0.3 is 6.61 Å². The lowest BCUT2D eigenvalue weighted by Crippen LogP contribution is -2.45. The second kappa shape index (κ2) is 6.99. The summed E-state index contributed by atoms with van der Waals surface area (Å²) in [5.74, 6) is -0.165. The molecule has 1 N–H and O–H groups in total. The lowest BCUT2D eigenvalue weighted by atomic mass is 9.64. The van der Waals surface area contributed by atoms with Gasteiger partial charge in [0.1, 0.15) is 5.75 Å². The molecule has 1 saturated carbocycles. The molecule has 0 bridgehead atoms. The van der Waals surface area contributed by atoms with Gasteiger partial charge in [-0.2, -0.15) is 8.78 Å². The van der Waals surface area contributed by atoms with Crippen LogP contribution in [0.4, 0.5) is 8.78 Å². The molecule has 0 spiro atoms. The number of halogens is 2. The molecule has 0 aromatic heterocycles. The first-order valence-corrected chi connectivity index (χ1v) is 7.98. The van der Waals surface area contributed by atoms with Crippen molar-refractivity contribution in [1.29, 1.82) is 0 Å². The molecule has 1 aliphatic carbocycles.